The molecule has 21 heavy (non-hydrogen) atoms. The highest BCUT2D eigenvalue weighted by Crippen LogP contribution is 2.47. The Labute approximate surface area is 135 Å². The molecule has 0 amide bonds. The summed E-state index contributed by atoms with van der Waals surface area (Å²) in [6, 6.07) is 0. The number of hydrogen-bond acceptors (Lipinski definition) is 1. The van der Waals surface area contributed by atoms with Crippen molar-refractivity contribution in [1.29, 1.82) is 0 Å². The quantitative estimate of drug-likeness (QED) is 0.524. The Bertz CT molecular complexity index is 210. The number of nitrogens with one attached hydrogen (secondary N) is 1. The van der Waals surface area contributed by atoms with E-state index in [0.717, 1.165) is 5.92 Å². The van der Waals surface area contributed by atoms with Gasteiger partial charge in [0.1, 0.15) is 0 Å². The lowest BCUT2D eigenvalue weighted by Crippen LogP contribution is -2.60. The molecule has 1 heterocycles. The Morgan fingerprint density at radius 3 is 1.19 bits per heavy atom. The first kappa shape index (κ1) is 21.0. The first-order valence-corrected chi connectivity index (χ1v) is 10.0. The van der Waals surface area contributed by atoms with Crippen LogP contribution in [0.15, 0.2) is 0 Å². The van der Waals surface area contributed by atoms with Crippen LogP contribution in [0.5, 0.6) is 0 Å². The van der Waals surface area contributed by atoms with Gasteiger partial charge in [0.05, 0.1) is 0 Å². The van der Waals surface area contributed by atoms with E-state index in [2.05, 4.69) is 12.2 Å². The van der Waals surface area contributed by atoms with Gasteiger partial charge >= 0.3 is 0 Å². The third kappa shape index (κ3) is 5.58. The molecule has 2 aliphatic carbocycles. The van der Waals surface area contributed by atoms with E-state index in [9.17, 15) is 0 Å². The van der Waals surface area contributed by atoms with Crippen molar-refractivity contribution in [3.63, 3.8) is 0 Å². The summed E-state index contributed by atoms with van der Waals surface area (Å²) in [4.78, 5) is 0. The second-order valence-corrected chi connectivity index (χ2v) is 6.61. The lowest BCUT2D eigenvalue weighted by molar-refractivity contribution is 0.0955. The summed E-state index contributed by atoms with van der Waals surface area (Å²) in [6.45, 7) is 14.5. The average molecular weight is 298 g/mol. The molecule has 1 saturated heterocycles. The monoisotopic (exact) mass is 297 g/mol. The summed E-state index contributed by atoms with van der Waals surface area (Å²) in [5, 5.41) is 4.13. The molecule has 0 unspecified atom stereocenters. The minimum Gasteiger partial charge on any atom is -0.306 e. The van der Waals surface area contributed by atoms with Gasteiger partial charge in [0.2, 0.25) is 0 Å². The maximum atomic E-state index is 4.13. The topological polar surface area (TPSA) is 12.0 Å². The summed E-state index contributed by atoms with van der Waals surface area (Å²) in [6.07, 6.45) is 14.6. The first-order chi connectivity index (χ1) is 10.2. The molecular weight excluding hydrogens is 254 g/mol. The molecule has 0 atom stereocenters. The molecule has 0 bridgehead atoms. The predicted molar refractivity (Wildman–Crippen MR) is 98.0 cm³/mol. The van der Waals surface area contributed by atoms with Crippen LogP contribution in [0.25, 0.3) is 0 Å². The maximum absolute atomic E-state index is 4.13. The van der Waals surface area contributed by atoms with Crippen molar-refractivity contribution >= 4 is 0 Å². The van der Waals surface area contributed by atoms with Gasteiger partial charge in [0, 0.05) is 11.1 Å². The van der Waals surface area contributed by atoms with Crippen LogP contribution in [0.4, 0.5) is 0 Å². The van der Waals surface area contributed by atoms with E-state index in [-0.39, 0.29) is 0 Å². The van der Waals surface area contributed by atoms with Crippen LogP contribution in [0.2, 0.25) is 0 Å². The molecule has 0 aromatic carbocycles. The maximum Gasteiger partial charge on any atom is 0.0189 e. The molecule has 1 N–H and O–H groups in total. The van der Waals surface area contributed by atoms with Crippen molar-refractivity contribution in [2.75, 3.05) is 0 Å². The van der Waals surface area contributed by atoms with Gasteiger partial charge in [-0.1, -0.05) is 74.1 Å². The van der Waals surface area contributed by atoms with Gasteiger partial charge in [0.25, 0.3) is 0 Å². The van der Waals surface area contributed by atoms with Gasteiger partial charge < -0.3 is 5.32 Å². The Kier molecular flexibility index (Phi) is 10.6. The zero-order chi connectivity index (χ0) is 16.4. The molecule has 2 spiro atoms. The van der Waals surface area contributed by atoms with E-state index < -0.39 is 0 Å². The Balaban J connectivity index is 0.000000598. The van der Waals surface area contributed by atoms with Crippen LogP contribution in [0.1, 0.15) is 113 Å². The van der Waals surface area contributed by atoms with Crippen LogP contribution in [0.3, 0.4) is 0 Å². The predicted octanol–water partition coefficient (Wildman–Crippen LogP) is 6.71. The van der Waals surface area contributed by atoms with Crippen molar-refractivity contribution in [3.05, 3.63) is 0 Å². The van der Waals surface area contributed by atoms with Crippen molar-refractivity contribution in [1.82, 2.24) is 5.32 Å². The third-order valence-electron chi connectivity index (χ3n) is 5.13. The molecule has 1 heteroatoms. The van der Waals surface area contributed by atoms with E-state index in [1.807, 2.05) is 41.5 Å². The largest absolute Gasteiger partial charge is 0.306 e. The minimum absolute atomic E-state index is 0.571. The normalized spacial score (nSPS) is 27.9. The van der Waals surface area contributed by atoms with E-state index >= 15 is 0 Å². The number of rotatable bonds is 0. The van der Waals surface area contributed by atoms with Crippen molar-refractivity contribution in [2.24, 2.45) is 5.92 Å². The van der Waals surface area contributed by atoms with E-state index in [0.29, 0.717) is 11.1 Å². The molecule has 0 aromatic rings. The Hall–Kier alpha value is -0.0400. The summed E-state index contributed by atoms with van der Waals surface area (Å²) >= 11 is 0. The average Bonchev–Trinajstić information content (AvgIpc) is 3.15. The molecule has 1 nitrogen and oxygen atoms in total. The van der Waals surface area contributed by atoms with E-state index in [4.69, 9.17) is 0 Å². The summed E-state index contributed by atoms with van der Waals surface area (Å²) < 4.78 is 0. The lowest BCUT2D eigenvalue weighted by Gasteiger charge is -2.49. The second kappa shape index (κ2) is 10.6. The van der Waals surface area contributed by atoms with Crippen molar-refractivity contribution < 1.29 is 0 Å². The molecule has 0 radical (unpaired) electrons. The van der Waals surface area contributed by atoms with Crippen LogP contribution >= 0.6 is 0 Å². The fourth-order valence-electron chi connectivity index (χ4n) is 4.83. The third-order valence-corrected chi connectivity index (χ3v) is 5.13. The number of piperidine rings is 1. The lowest BCUT2D eigenvalue weighted by atomic mass is 9.72. The fraction of sp³-hybridized carbons (Fsp3) is 1.00. The Morgan fingerprint density at radius 2 is 0.905 bits per heavy atom. The van der Waals surface area contributed by atoms with Crippen LogP contribution < -0.4 is 5.32 Å². The molecule has 2 saturated carbocycles. The van der Waals surface area contributed by atoms with Gasteiger partial charge in [-0.2, -0.15) is 0 Å². The SMILES string of the molecule is CC.CC.CC.CC1CC2(CCCC2)NC2(CCCC2)C1. The highest BCUT2D eigenvalue weighted by molar-refractivity contribution is 5.07. The standard InChI is InChI=1S/C14H25N.3C2H6/c1-12-10-13(6-2-3-7-13)15-14(11-12)8-4-5-9-14;3*1-2/h12,15H,2-11H2,1H3;3*1-2H3. The highest BCUT2D eigenvalue weighted by Gasteiger charge is 2.48. The molecule has 3 aliphatic rings. The van der Waals surface area contributed by atoms with Crippen molar-refractivity contribution in [3.8, 4) is 0 Å². The fourth-order valence-corrected chi connectivity index (χ4v) is 4.83. The molecule has 0 aromatic heterocycles. The summed E-state index contributed by atoms with van der Waals surface area (Å²) in [5.41, 5.74) is 1.14. The van der Waals surface area contributed by atoms with Gasteiger partial charge in [-0.25, -0.2) is 0 Å². The molecule has 3 rings (SSSR count). The van der Waals surface area contributed by atoms with Crippen LogP contribution in [-0.2, 0) is 0 Å². The van der Waals surface area contributed by atoms with Gasteiger partial charge in [0.15, 0.2) is 0 Å². The molecule has 3 fully saturated rings. The zero-order valence-electron chi connectivity index (χ0n) is 16.1. The second-order valence-electron chi connectivity index (χ2n) is 6.61. The summed E-state index contributed by atoms with van der Waals surface area (Å²) in [5.74, 6) is 0.961. The highest BCUT2D eigenvalue weighted by atomic mass is 15.1. The van der Waals surface area contributed by atoms with Crippen LogP contribution in [-0.4, -0.2) is 11.1 Å². The van der Waals surface area contributed by atoms with Gasteiger partial charge in [-0.15, -0.1) is 0 Å². The zero-order valence-corrected chi connectivity index (χ0v) is 16.1. The number of hydrogen-bond donors (Lipinski definition) is 1. The van der Waals surface area contributed by atoms with Crippen LogP contribution in [0, 0.1) is 5.92 Å². The van der Waals surface area contributed by atoms with E-state index in [1.165, 1.54) is 64.2 Å². The summed E-state index contributed by atoms with van der Waals surface area (Å²) in [7, 11) is 0. The Morgan fingerprint density at radius 1 is 0.619 bits per heavy atom. The minimum atomic E-state index is 0.571. The molecule has 1 aliphatic heterocycles. The smallest absolute Gasteiger partial charge is 0.0189 e. The van der Waals surface area contributed by atoms with Gasteiger partial charge in [-0.3, -0.25) is 0 Å². The molecule has 128 valence electrons. The molecular formula is C20H43N. The van der Waals surface area contributed by atoms with E-state index in [1.54, 1.807) is 0 Å². The van der Waals surface area contributed by atoms with Gasteiger partial charge in [-0.05, 0) is 44.4 Å². The first-order valence-electron chi connectivity index (χ1n) is 10.0. The van der Waals surface area contributed by atoms with Crippen molar-refractivity contribution in [2.45, 2.75) is 124 Å².